The Balaban J connectivity index is 2.04. The fourth-order valence-electron chi connectivity index (χ4n) is 1.99. The minimum Gasteiger partial charge on any atom is -0.478 e. The van der Waals surface area contributed by atoms with E-state index in [0.29, 0.717) is 12.3 Å². The first-order chi connectivity index (χ1) is 10.8. The highest BCUT2D eigenvalue weighted by Crippen LogP contribution is 2.20. The molecule has 122 valence electrons. The number of carboxylic acid groups (broad SMARTS) is 1. The van der Waals surface area contributed by atoms with E-state index in [1.807, 2.05) is 12.1 Å². The van der Waals surface area contributed by atoms with E-state index < -0.39 is 17.5 Å². The molecule has 2 rings (SSSR count). The van der Waals surface area contributed by atoms with Crippen LogP contribution in [0, 0.1) is 0 Å². The fraction of sp³-hybridized carbons (Fsp3) is 0.312. The first-order valence-electron chi connectivity index (χ1n) is 6.94. The predicted molar refractivity (Wildman–Crippen MR) is 81.5 cm³/mol. The summed E-state index contributed by atoms with van der Waals surface area (Å²) < 4.78 is 11.8. The number of carboxylic acids is 1. The SMILES string of the molecule is COC(=O)C(C)(C)Oc1ccc(Cn2cc(C(=O)O)cn2)cc1. The molecule has 0 saturated heterocycles. The van der Waals surface area contributed by atoms with Crippen molar-refractivity contribution in [3.8, 4) is 5.75 Å². The van der Waals surface area contributed by atoms with Gasteiger partial charge in [-0.05, 0) is 31.5 Å². The van der Waals surface area contributed by atoms with E-state index in [4.69, 9.17) is 9.84 Å². The largest absolute Gasteiger partial charge is 0.478 e. The number of hydrogen-bond acceptors (Lipinski definition) is 5. The average Bonchev–Trinajstić information content (AvgIpc) is 2.97. The van der Waals surface area contributed by atoms with Crippen LogP contribution >= 0.6 is 0 Å². The zero-order valence-electron chi connectivity index (χ0n) is 13.1. The van der Waals surface area contributed by atoms with Crippen molar-refractivity contribution >= 4 is 11.9 Å². The van der Waals surface area contributed by atoms with Gasteiger partial charge in [-0.2, -0.15) is 5.10 Å². The van der Waals surface area contributed by atoms with Crippen LogP contribution in [-0.2, 0) is 16.1 Å². The van der Waals surface area contributed by atoms with Gasteiger partial charge in [-0.1, -0.05) is 12.1 Å². The number of rotatable bonds is 6. The molecule has 0 fully saturated rings. The second-order valence-corrected chi connectivity index (χ2v) is 5.48. The molecule has 0 aliphatic rings. The van der Waals surface area contributed by atoms with Gasteiger partial charge in [0, 0.05) is 6.20 Å². The first-order valence-corrected chi connectivity index (χ1v) is 6.94. The van der Waals surface area contributed by atoms with Gasteiger partial charge in [0.2, 0.25) is 0 Å². The van der Waals surface area contributed by atoms with E-state index in [1.165, 1.54) is 24.2 Å². The van der Waals surface area contributed by atoms with Gasteiger partial charge in [0.25, 0.3) is 0 Å². The maximum absolute atomic E-state index is 11.6. The number of nitrogens with zero attached hydrogens (tertiary/aromatic N) is 2. The summed E-state index contributed by atoms with van der Waals surface area (Å²) in [5.41, 5.74) is -0.00713. The molecule has 0 atom stereocenters. The van der Waals surface area contributed by atoms with Crippen LogP contribution in [0.2, 0.25) is 0 Å². The highest BCUT2D eigenvalue weighted by atomic mass is 16.6. The summed E-state index contributed by atoms with van der Waals surface area (Å²) in [5.74, 6) is -0.930. The smallest absolute Gasteiger partial charge is 0.349 e. The fourth-order valence-corrected chi connectivity index (χ4v) is 1.99. The molecule has 1 N–H and O–H groups in total. The van der Waals surface area contributed by atoms with E-state index >= 15 is 0 Å². The Morgan fingerprint density at radius 3 is 2.43 bits per heavy atom. The van der Waals surface area contributed by atoms with Crippen LogP contribution in [0.1, 0.15) is 29.8 Å². The van der Waals surface area contributed by atoms with Gasteiger partial charge in [-0.25, -0.2) is 9.59 Å². The Morgan fingerprint density at radius 1 is 1.26 bits per heavy atom. The van der Waals surface area contributed by atoms with Crippen molar-refractivity contribution in [1.29, 1.82) is 0 Å². The Labute approximate surface area is 133 Å². The summed E-state index contributed by atoms with van der Waals surface area (Å²) in [6, 6.07) is 7.12. The highest BCUT2D eigenvalue weighted by Gasteiger charge is 2.30. The molecule has 0 unspecified atom stereocenters. The van der Waals surface area contributed by atoms with Crippen molar-refractivity contribution in [2.24, 2.45) is 0 Å². The van der Waals surface area contributed by atoms with Crippen LogP contribution in [0.15, 0.2) is 36.7 Å². The van der Waals surface area contributed by atoms with Crippen LogP contribution in [0.5, 0.6) is 5.75 Å². The van der Waals surface area contributed by atoms with Gasteiger partial charge in [0.05, 0.1) is 25.4 Å². The molecule has 1 aromatic heterocycles. The summed E-state index contributed by atoms with van der Waals surface area (Å²) in [4.78, 5) is 22.4. The summed E-state index contributed by atoms with van der Waals surface area (Å²) >= 11 is 0. The van der Waals surface area contributed by atoms with Crippen LogP contribution in [0.3, 0.4) is 0 Å². The van der Waals surface area contributed by atoms with Crippen molar-refractivity contribution in [3.05, 3.63) is 47.8 Å². The monoisotopic (exact) mass is 318 g/mol. The van der Waals surface area contributed by atoms with Gasteiger partial charge < -0.3 is 14.6 Å². The molecule has 23 heavy (non-hydrogen) atoms. The van der Waals surface area contributed by atoms with E-state index in [2.05, 4.69) is 9.84 Å². The Bertz CT molecular complexity index is 704. The molecule has 0 aliphatic heterocycles. The van der Waals surface area contributed by atoms with Crippen molar-refractivity contribution in [1.82, 2.24) is 9.78 Å². The highest BCUT2D eigenvalue weighted by molar-refractivity contribution is 5.86. The molecule has 2 aromatic rings. The number of methoxy groups -OCH3 is 1. The van der Waals surface area contributed by atoms with Gasteiger partial charge in [-0.15, -0.1) is 0 Å². The zero-order valence-corrected chi connectivity index (χ0v) is 13.1. The third-order valence-electron chi connectivity index (χ3n) is 3.20. The molecule has 0 aliphatic carbocycles. The number of hydrogen-bond donors (Lipinski definition) is 1. The summed E-state index contributed by atoms with van der Waals surface area (Å²) in [5, 5.41) is 12.9. The predicted octanol–water partition coefficient (Wildman–Crippen LogP) is 1.96. The Hall–Kier alpha value is -2.83. The third-order valence-corrected chi connectivity index (χ3v) is 3.20. The number of benzene rings is 1. The standard InChI is InChI=1S/C16H18N2O5/c1-16(2,15(21)22-3)23-13-6-4-11(5-7-13)9-18-10-12(8-17-18)14(19)20/h4-8,10H,9H2,1-3H3,(H,19,20). The first kappa shape index (κ1) is 16.5. The minimum absolute atomic E-state index is 0.143. The molecule has 1 aromatic carbocycles. The number of aromatic carboxylic acids is 1. The lowest BCUT2D eigenvalue weighted by Crippen LogP contribution is -2.39. The molecule has 0 radical (unpaired) electrons. The van der Waals surface area contributed by atoms with Gasteiger partial charge in [0.15, 0.2) is 5.60 Å². The molecule has 0 bridgehead atoms. The lowest BCUT2D eigenvalue weighted by Gasteiger charge is -2.23. The maximum atomic E-state index is 11.6. The quantitative estimate of drug-likeness (QED) is 0.819. The third kappa shape index (κ3) is 4.09. The van der Waals surface area contributed by atoms with Crippen molar-refractivity contribution in [2.45, 2.75) is 26.0 Å². The van der Waals surface area contributed by atoms with Crippen molar-refractivity contribution < 1.29 is 24.2 Å². The molecule has 0 amide bonds. The second-order valence-electron chi connectivity index (χ2n) is 5.48. The minimum atomic E-state index is -1.07. The number of carbonyl (C=O) groups excluding carboxylic acids is 1. The van der Waals surface area contributed by atoms with Gasteiger partial charge >= 0.3 is 11.9 Å². The Morgan fingerprint density at radius 2 is 1.91 bits per heavy atom. The van der Waals surface area contributed by atoms with Gasteiger partial charge in [0.1, 0.15) is 5.75 Å². The summed E-state index contributed by atoms with van der Waals surface area (Å²) in [7, 11) is 1.31. The molecule has 7 nitrogen and oxygen atoms in total. The average molecular weight is 318 g/mol. The van der Waals surface area contributed by atoms with Gasteiger partial charge in [-0.3, -0.25) is 4.68 Å². The maximum Gasteiger partial charge on any atom is 0.349 e. The molecule has 7 heteroatoms. The molecular formula is C16H18N2O5. The second kappa shape index (κ2) is 6.51. The zero-order chi connectivity index (χ0) is 17.0. The molecular weight excluding hydrogens is 300 g/mol. The number of carbonyl (C=O) groups is 2. The van der Waals surface area contributed by atoms with Crippen molar-refractivity contribution in [3.63, 3.8) is 0 Å². The topological polar surface area (TPSA) is 90.7 Å². The van der Waals surface area contributed by atoms with Crippen molar-refractivity contribution in [2.75, 3.05) is 7.11 Å². The lowest BCUT2D eigenvalue weighted by molar-refractivity contribution is -0.156. The van der Waals surface area contributed by atoms with E-state index in [0.717, 1.165) is 5.56 Å². The van der Waals surface area contributed by atoms with E-state index in [9.17, 15) is 9.59 Å². The van der Waals surface area contributed by atoms with Crippen LogP contribution < -0.4 is 4.74 Å². The number of esters is 1. The van der Waals surface area contributed by atoms with Crippen LogP contribution in [-0.4, -0.2) is 39.5 Å². The number of ether oxygens (including phenoxy) is 2. The van der Waals surface area contributed by atoms with E-state index in [1.54, 1.807) is 26.0 Å². The summed E-state index contributed by atoms with van der Waals surface area (Å²) in [6.07, 6.45) is 2.77. The summed E-state index contributed by atoms with van der Waals surface area (Å²) in [6.45, 7) is 3.70. The normalized spacial score (nSPS) is 11.1. The van der Waals surface area contributed by atoms with Crippen LogP contribution in [0.4, 0.5) is 0 Å². The van der Waals surface area contributed by atoms with Crippen LogP contribution in [0.25, 0.3) is 0 Å². The molecule has 0 saturated carbocycles. The lowest BCUT2D eigenvalue weighted by atomic mass is 10.1. The number of aromatic nitrogens is 2. The molecule has 1 heterocycles. The Kier molecular flexibility index (Phi) is 4.68. The molecule has 0 spiro atoms. The van der Waals surface area contributed by atoms with E-state index in [-0.39, 0.29) is 5.56 Å².